The maximum absolute atomic E-state index is 12.7. The van der Waals surface area contributed by atoms with E-state index in [2.05, 4.69) is 10.1 Å². The molecule has 34 heavy (non-hydrogen) atoms. The molecular weight excluding hydrogens is 484 g/mol. The summed E-state index contributed by atoms with van der Waals surface area (Å²) in [6.45, 7) is 1.10. The predicted octanol–water partition coefficient (Wildman–Crippen LogP) is 3.96. The maximum atomic E-state index is 12.7. The summed E-state index contributed by atoms with van der Waals surface area (Å²) in [5.41, 5.74) is 1.08. The number of carbonyl (C=O) groups is 4. The molecule has 0 bridgehead atoms. The van der Waals surface area contributed by atoms with Gasteiger partial charge in [-0.2, -0.15) is 0 Å². The summed E-state index contributed by atoms with van der Waals surface area (Å²) in [4.78, 5) is 49.9. The molecule has 3 amide bonds. The molecular formula is C23H21ClN2O7S. The summed E-state index contributed by atoms with van der Waals surface area (Å²) in [5, 5.41) is 2.25. The molecule has 1 heterocycles. The molecule has 0 unspecified atom stereocenters. The fourth-order valence-electron chi connectivity index (χ4n) is 3.06. The van der Waals surface area contributed by atoms with Crippen LogP contribution in [0.2, 0.25) is 5.02 Å². The van der Waals surface area contributed by atoms with Crippen LogP contribution in [0.15, 0.2) is 47.4 Å². The van der Waals surface area contributed by atoms with Crippen LogP contribution in [-0.2, 0) is 19.1 Å². The minimum Gasteiger partial charge on any atom is -0.493 e. The normalized spacial score (nSPS) is 15.3. The van der Waals surface area contributed by atoms with Crippen molar-refractivity contribution in [2.24, 2.45) is 0 Å². The van der Waals surface area contributed by atoms with Crippen molar-refractivity contribution in [3.8, 4) is 11.5 Å². The van der Waals surface area contributed by atoms with Gasteiger partial charge in [0.2, 0.25) is 0 Å². The minimum atomic E-state index is -1.06. The summed E-state index contributed by atoms with van der Waals surface area (Å²) >= 11 is 7.04. The van der Waals surface area contributed by atoms with Crippen LogP contribution in [0.25, 0.3) is 6.08 Å². The van der Waals surface area contributed by atoms with Crippen LogP contribution in [0.1, 0.15) is 12.5 Å². The second-order valence-electron chi connectivity index (χ2n) is 6.99. The number of halogens is 1. The van der Waals surface area contributed by atoms with Crippen molar-refractivity contribution in [1.82, 2.24) is 4.90 Å². The van der Waals surface area contributed by atoms with Crippen LogP contribution in [-0.4, -0.2) is 54.8 Å². The van der Waals surface area contributed by atoms with Gasteiger partial charge in [0.1, 0.15) is 6.04 Å². The van der Waals surface area contributed by atoms with E-state index in [4.69, 9.17) is 21.1 Å². The number of hydrogen-bond acceptors (Lipinski definition) is 8. The predicted molar refractivity (Wildman–Crippen MR) is 128 cm³/mol. The van der Waals surface area contributed by atoms with E-state index in [1.165, 1.54) is 33.3 Å². The summed E-state index contributed by atoms with van der Waals surface area (Å²) in [5.74, 6) is -1.33. The lowest BCUT2D eigenvalue weighted by Crippen LogP contribution is -2.42. The number of para-hydroxylation sites is 1. The second kappa shape index (κ2) is 11.1. The van der Waals surface area contributed by atoms with E-state index in [1.807, 2.05) is 6.07 Å². The zero-order chi connectivity index (χ0) is 24.8. The van der Waals surface area contributed by atoms with Gasteiger partial charge in [0.25, 0.3) is 17.1 Å². The van der Waals surface area contributed by atoms with Gasteiger partial charge in [0.15, 0.2) is 18.1 Å². The molecule has 0 saturated carbocycles. The number of carbonyl (C=O) groups excluding carboxylic acids is 4. The molecule has 1 fully saturated rings. The van der Waals surface area contributed by atoms with Gasteiger partial charge in [0.05, 0.1) is 24.1 Å². The van der Waals surface area contributed by atoms with E-state index in [0.717, 1.165) is 4.90 Å². The molecule has 1 atom stereocenters. The monoisotopic (exact) mass is 504 g/mol. The zero-order valence-electron chi connectivity index (χ0n) is 18.5. The van der Waals surface area contributed by atoms with E-state index >= 15 is 0 Å². The number of imide groups is 1. The molecule has 178 valence electrons. The van der Waals surface area contributed by atoms with Crippen molar-refractivity contribution in [1.29, 1.82) is 0 Å². The molecule has 2 aromatic carbocycles. The molecule has 0 aliphatic carbocycles. The van der Waals surface area contributed by atoms with Gasteiger partial charge in [-0.05, 0) is 54.6 Å². The van der Waals surface area contributed by atoms with Crippen molar-refractivity contribution >= 4 is 58.1 Å². The third-order valence-electron chi connectivity index (χ3n) is 4.71. The molecule has 3 rings (SSSR count). The Kier molecular flexibility index (Phi) is 8.19. The second-order valence-corrected chi connectivity index (χ2v) is 8.39. The first-order valence-electron chi connectivity index (χ1n) is 9.95. The van der Waals surface area contributed by atoms with Gasteiger partial charge in [-0.15, -0.1) is 0 Å². The highest BCUT2D eigenvalue weighted by Gasteiger charge is 2.41. The lowest BCUT2D eigenvalue weighted by atomic mass is 10.1. The van der Waals surface area contributed by atoms with Crippen molar-refractivity contribution in [3.63, 3.8) is 0 Å². The molecule has 1 N–H and O–H groups in total. The van der Waals surface area contributed by atoms with E-state index < -0.39 is 23.2 Å². The van der Waals surface area contributed by atoms with Crippen LogP contribution < -0.4 is 14.8 Å². The number of benzene rings is 2. The Morgan fingerprint density at radius 1 is 1.18 bits per heavy atom. The SMILES string of the molecule is COC(=O)[C@@H](C)N1C(=O)S/C(=C/c2cc(Cl)c(OCC(=O)Nc3ccccc3)c(OC)c2)C1=O. The largest absolute Gasteiger partial charge is 0.493 e. The van der Waals surface area contributed by atoms with Crippen LogP contribution in [0.5, 0.6) is 11.5 Å². The third kappa shape index (κ3) is 5.70. The fraction of sp³-hybridized carbons (Fsp3) is 0.217. The van der Waals surface area contributed by atoms with Crippen LogP contribution in [0, 0.1) is 0 Å². The Hall–Kier alpha value is -3.50. The highest BCUT2D eigenvalue weighted by atomic mass is 35.5. The van der Waals surface area contributed by atoms with Crippen LogP contribution in [0.3, 0.4) is 0 Å². The first-order chi connectivity index (χ1) is 16.2. The Labute approximate surface area is 205 Å². The number of nitrogens with zero attached hydrogens (tertiary/aromatic N) is 1. The molecule has 0 radical (unpaired) electrons. The lowest BCUT2D eigenvalue weighted by Gasteiger charge is -2.18. The minimum absolute atomic E-state index is 0.106. The smallest absolute Gasteiger partial charge is 0.328 e. The van der Waals surface area contributed by atoms with Crippen molar-refractivity contribution in [3.05, 3.63) is 58.0 Å². The molecule has 9 nitrogen and oxygen atoms in total. The van der Waals surface area contributed by atoms with Crippen LogP contribution in [0.4, 0.5) is 10.5 Å². The van der Waals surface area contributed by atoms with E-state index in [1.54, 1.807) is 30.3 Å². The van der Waals surface area contributed by atoms with E-state index in [0.29, 0.717) is 23.0 Å². The lowest BCUT2D eigenvalue weighted by molar-refractivity contribution is -0.148. The Bertz CT molecular complexity index is 1150. The number of methoxy groups -OCH3 is 2. The van der Waals surface area contributed by atoms with E-state index in [-0.39, 0.29) is 33.9 Å². The summed E-state index contributed by atoms with van der Waals surface area (Å²) in [6, 6.07) is 10.9. The molecule has 0 spiro atoms. The summed E-state index contributed by atoms with van der Waals surface area (Å²) in [6.07, 6.45) is 1.45. The Morgan fingerprint density at radius 3 is 2.53 bits per heavy atom. The standard InChI is InChI=1S/C23H21ClN2O7S/c1-13(22(29)32-3)26-21(28)18(34-23(26)30)11-14-9-16(24)20(17(10-14)31-2)33-12-19(27)25-15-7-5-4-6-8-15/h4-11,13H,12H2,1-3H3,(H,25,27)/b18-11+/t13-/m1/s1. The first-order valence-corrected chi connectivity index (χ1v) is 11.1. The zero-order valence-corrected chi connectivity index (χ0v) is 20.1. The summed E-state index contributed by atoms with van der Waals surface area (Å²) in [7, 11) is 2.58. The molecule has 2 aromatic rings. The van der Waals surface area contributed by atoms with Crippen molar-refractivity contribution in [2.45, 2.75) is 13.0 Å². The van der Waals surface area contributed by atoms with E-state index in [9.17, 15) is 19.2 Å². The first kappa shape index (κ1) is 25.1. The molecule has 0 aromatic heterocycles. The molecule has 1 aliphatic rings. The number of hydrogen-bond donors (Lipinski definition) is 1. The quantitative estimate of drug-likeness (QED) is 0.424. The van der Waals surface area contributed by atoms with Gasteiger partial charge < -0.3 is 19.5 Å². The van der Waals surface area contributed by atoms with Gasteiger partial charge in [-0.25, -0.2) is 4.79 Å². The average Bonchev–Trinajstić information content (AvgIpc) is 3.10. The van der Waals surface area contributed by atoms with Gasteiger partial charge >= 0.3 is 5.97 Å². The molecule has 11 heteroatoms. The van der Waals surface area contributed by atoms with Crippen LogP contribution >= 0.6 is 23.4 Å². The third-order valence-corrected chi connectivity index (χ3v) is 5.87. The number of ether oxygens (including phenoxy) is 3. The average molecular weight is 505 g/mol. The van der Waals surface area contributed by atoms with Gasteiger partial charge in [0, 0.05) is 5.69 Å². The summed E-state index contributed by atoms with van der Waals surface area (Å²) < 4.78 is 15.5. The molecule has 1 aliphatic heterocycles. The fourth-order valence-corrected chi connectivity index (χ4v) is 4.24. The number of thioether (sulfide) groups is 1. The maximum Gasteiger partial charge on any atom is 0.328 e. The van der Waals surface area contributed by atoms with Crippen molar-refractivity contribution in [2.75, 3.05) is 26.1 Å². The highest BCUT2D eigenvalue weighted by Crippen LogP contribution is 2.39. The number of anilines is 1. The number of esters is 1. The topological polar surface area (TPSA) is 111 Å². The Balaban J connectivity index is 1.76. The van der Waals surface area contributed by atoms with Crippen molar-refractivity contribution < 1.29 is 33.4 Å². The Morgan fingerprint density at radius 2 is 1.88 bits per heavy atom. The number of rotatable bonds is 8. The number of amides is 3. The molecule has 1 saturated heterocycles. The number of nitrogens with one attached hydrogen (secondary N) is 1. The van der Waals surface area contributed by atoms with Gasteiger partial charge in [-0.1, -0.05) is 29.8 Å². The highest BCUT2D eigenvalue weighted by molar-refractivity contribution is 8.18. The van der Waals surface area contributed by atoms with Gasteiger partial charge in [-0.3, -0.25) is 19.3 Å².